The van der Waals surface area contributed by atoms with Crippen LogP contribution in [-0.2, 0) is 0 Å². The molecule has 0 aliphatic rings. The maximum Gasteiger partial charge on any atom is 0.189 e. The van der Waals surface area contributed by atoms with E-state index in [2.05, 4.69) is 38.5 Å². The first-order chi connectivity index (χ1) is 32.9. The molecule has 8 aromatic carbocycles. The summed E-state index contributed by atoms with van der Waals surface area (Å²) in [5.41, 5.74) is 9.80. The van der Waals surface area contributed by atoms with Crippen molar-refractivity contribution < 1.29 is 0 Å². The van der Waals surface area contributed by atoms with E-state index in [1.165, 1.54) is 0 Å². The lowest BCUT2D eigenvalue weighted by atomic mass is 9.88. The molecule has 0 fully saturated rings. The third kappa shape index (κ3) is 7.30. The Balaban J connectivity index is 1.36. The van der Waals surface area contributed by atoms with E-state index < -0.39 is 0 Å². The summed E-state index contributed by atoms with van der Waals surface area (Å²) >= 11 is 0. The summed E-state index contributed by atoms with van der Waals surface area (Å²) in [4.78, 5) is 22.4. The maximum atomic E-state index is 10.8. The van der Waals surface area contributed by atoms with Crippen molar-refractivity contribution in [1.29, 1.82) is 21.0 Å². The first-order valence-electron chi connectivity index (χ1n) is 20.8. The van der Waals surface area contributed by atoms with E-state index in [9.17, 15) is 21.0 Å². The van der Waals surface area contributed by atoms with Gasteiger partial charge in [0.05, 0.1) is 65.3 Å². The summed E-state index contributed by atoms with van der Waals surface area (Å²) < 4.78 is 2.11. The van der Waals surface area contributed by atoms with Crippen LogP contribution in [0.4, 0.5) is 11.4 Å². The Morgan fingerprint density at radius 3 is 1.57 bits per heavy atom. The van der Waals surface area contributed by atoms with E-state index >= 15 is 0 Å². The monoisotopic (exact) mass is 852 g/mol. The first-order valence-corrected chi connectivity index (χ1v) is 20.8. The summed E-state index contributed by atoms with van der Waals surface area (Å²) in [6.45, 7) is 15.5. The van der Waals surface area contributed by atoms with Gasteiger partial charge in [0, 0.05) is 55.3 Å². The molecule has 2 aromatic heterocycles. The number of hydrogen-bond acceptors (Lipinski definition) is 7. The van der Waals surface area contributed by atoms with Crippen molar-refractivity contribution >= 4 is 33.2 Å². The molecule has 0 bridgehead atoms. The number of fused-ring (bicyclic) bond motifs is 3. The van der Waals surface area contributed by atoms with Crippen LogP contribution < -0.4 is 0 Å². The lowest BCUT2D eigenvalue weighted by Crippen LogP contribution is -2.05. The van der Waals surface area contributed by atoms with Crippen molar-refractivity contribution in [3.05, 3.63) is 215 Å². The molecule has 0 saturated heterocycles. The topological polar surface area (TPSA) is 147 Å². The van der Waals surface area contributed by atoms with Gasteiger partial charge >= 0.3 is 0 Å². The van der Waals surface area contributed by atoms with Crippen LogP contribution in [0.1, 0.15) is 22.3 Å². The fraction of sp³-hybridized carbons (Fsp3) is 0. The van der Waals surface area contributed by atoms with Crippen molar-refractivity contribution in [2.24, 2.45) is 0 Å². The lowest BCUT2D eigenvalue weighted by molar-refractivity contribution is 1.07. The number of hydrogen-bond donors (Lipinski definition) is 0. The molecule has 67 heavy (non-hydrogen) atoms. The van der Waals surface area contributed by atoms with Crippen LogP contribution in [0.15, 0.2) is 170 Å². The highest BCUT2D eigenvalue weighted by atomic mass is 15.0. The molecule has 10 rings (SSSR count). The van der Waals surface area contributed by atoms with Gasteiger partial charge in [0.1, 0.15) is 0 Å². The van der Waals surface area contributed by atoms with Crippen LogP contribution >= 0.6 is 0 Å². The Labute approximate surface area is 384 Å². The highest BCUT2D eigenvalue weighted by Gasteiger charge is 2.26. The second kappa shape index (κ2) is 17.0. The lowest BCUT2D eigenvalue weighted by Gasteiger charge is -2.22. The Morgan fingerprint density at radius 2 is 0.955 bits per heavy atom. The van der Waals surface area contributed by atoms with Gasteiger partial charge in [-0.05, 0) is 83.4 Å². The Bertz CT molecular complexity index is 3750. The summed E-state index contributed by atoms with van der Waals surface area (Å²) in [7, 11) is 0. The average molecular weight is 853 g/mol. The Morgan fingerprint density at radius 1 is 0.388 bits per heavy atom. The number of aromatic nitrogens is 4. The quantitative estimate of drug-likeness (QED) is 0.145. The van der Waals surface area contributed by atoms with E-state index in [0.717, 1.165) is 38.5 Å². The summed E-state index contributed by atoms with van der Waals surface area (Å²) in [5, 5.41) is 43.2. The van der Waals surface area contributed by atoms with Crippen LogP contribution in [0.2, 0.25) is 0 Å². The van der Waals surface area contributed by atoms with E-state index in [4.69, 9.17) is 28.1 Å². The van der Waals surface area contributed by atoms with Gasteiger partial charge < -0.3 is 4.57 Å². The minimum Gasteiger partial charge on any atom is -0.308 e. The van der Waals surface area contributed by atoms with E-state index in [1.54, 1.807) is 54.6 Å². The zero-order chi connectivity index (χ0) is 46.0. The van der Waals surface area contributed by atoms with Gasteiger partial charge in [-0.3, -0.25) is 0 Å². The number of para-hydroxylation sites is 1. The number of nitriles is 4. The molecular formula is C57H28N10. The summed E-state index contributed by atoms with van der Waals surface area (Å²) in [5.74, 6) is 1.21. The van der Waals surface area contributed by atoms with Gasteiger partial charge in [0.15, 0.2) is 28.8 Å². The SMILES string of the molecule is [C-]#[N+]c1cc(C#N)cc(-c2ccc3c(c2)c2ccccc2n3-c2c(-c3ccc(C#N)cc3C#N)cc(-c3nc(-c4ccccc4)nc(-c4ccccc4)n3)cc2-c2ccc([N+]#[C-])cc2C#N)c1. The van der Waals surface area contributed by atoms with E-state index in [1.807, 2.05) is 115 Å². The van der Waals surface area contributed by atoms with Crippen LogP contribution in [0.5, 0.6) is 0 Å². The fourth-order valence-electron chi connectivity index (χ4n) is 8.52. The number of benzene rings is 8. The molecule has 0 N–H and O–H groups in total. The van der Waals surface area contributed by atoms with Crippen LogP contribution in [0.3, 0.4) is 0 Å². The Kier molecular flexibility index (Phi) is 10.3. The molecule has 0 amide bonds. The molecule has 306 valence electrons. The average Bonchev–Trinajstić information content (AvgIpc) is 3.73. The molecule has 0 aliphatic heterocycles. The predicted molar refractivity (Wildman–Crippen MR) is 258 cm³/mol. The molecule has 10 heteroatoms. The molecule has 0 unspecified atom stereocenters. The second-order valence-corrected chi connectivity index (χ2v) is 15.5. The number of nitrogens with zero attached hydrogens (tertiary/aromatic N) is 10. The van der Waals surface area contributed by atoms with E-state index in [-0.39, 0.29) is 11.1 Å². The van der Waals surface area contributed by atoms with Crippen molar-refractivity contribution in [3.63, 3.8) is 0 Å². The third-order valence-corrected chi connectivity index (χ3v) is 11.6. The molecule has 0 atom stereocenters. The second-order valence-electron chi connectivity index (χ2n) is 15.5. The largest absolute Gasteiger partial charge is 0.308 e. The fourth-order valence-corrected chi connectivity index (χ4v) is 8.52. The molecule has 10 aromatic rings. The highest BCUT2D eigenvalue weighted by molar-refractivity contribution is 6.12. The zero-order valence-corrected chi connectivity index (χ0v) is 35.1. The minimum absolute atomic E-state index is 0.244. The van der Waals surface area contributed by atoms with Crippen LogP contribution in [-0.4, -0.2) is 19.5 Å². The Hall–Kier alpha value is -10.5. The van der Waals surface area contributed by atoms with Crippen LogP contribution in [0.25, 0.3) is 105 Å². The molecule has 0 saturated carbocycles. The first kappa shape index (κ1) is 40.6. The highest BCUT2D eigenvalue weighted by Crippen LogP contribution is 2.46. The third-order valence-electron chi connectivity index (χ3n) is 11.6. The van der Waals surface area contributed by atoms with Gasteiger partial charge in [0.2, 0.25) is 0 Å². The molecule has 0 aliphatic carbocycles. The van der Waals surface area contributed by atoms with Gasteiger partial charge in [-0.2, -0.15) is 21.0 Å². The molecule has 0 radical (unpaired) electrons. The van der Waals surface area contributed by atoms with Gasteiger partial charge in [-0.1, -0.05) is 103 Å². The zero-order valence-electron chi connectivity index (χ0n) is 35.1. The standard InChI is InChI=1S/C57H28N10/c1-62-44-19-21-47(43(27-44)34-61)51-30-41(57-65-55(37-11-5-3-6-12-37)64-56(66-57)38-13-7-4-8-14-38)29-50(46-20-17-35(31-58)23-42(46)33-60)54(51)67-52-16-10-9-15-48(52)49-28-39(18-22-53(49)67)40-24-36(32-59)25-45(26-40)63-2/h3-30H. The molecule has 0 spiro atoms. The normalized spacial score (nSPS) is 10.6. The summed E-state index contributed by atoms with van der Waals surface area (Å²) in [6, 6.07) is 61.2. The number of rotatable bonds is 7. The summed E-state index contributed by atoms with van der Waals surface area (Å²) in [6.07, 6.45) is 0. The van der Waals surface area contributed by atoms with E-state index in [0.29, 0.717) is 79.0 Å². The van der Waals surface area contributed by atoms with Crippen LogP contribution in [0, 0.1) is 58.5 Å². The smallest absolute Gasteiger partial charge is 0.189 e. The predicted octanol–water partition coefficient (Wildman–Crippen LogP) is 13.6. The minimum atomic E-state index is 0.244. The van der Waals surface area contributed by atoms with Gasteiger partial charge in [-0.25, -0.2) is 24.6 Å². The molecular weight excluding hydrogens is 825 g/mol. The van der Waals surface area contributed by atoms with Gasteiger partial charge in [-0.15, -0.1) is 0 Å². The molecule has 10 nitrogen and oxygen atoms in total. The molecule has 2 heterocycles. The van der Waals surface area contributed by atoms with Crippen molar-refractivity contribution in [2.45, 2.75) is 0 Å². The van der Waals surface area contributed by atoms with Gasteiger partial charge in [0.25, 0.3) is 0 Å². The maximum absolute atomic E-state index is 10.8. The van der Waals surface area contributed by atoms with Crippen molar-refractivity contribution in [3.8, 4) is 97.5 Å². The van der Waals surface area contributed by atoms with Crippen molar-refractivity contribution in [2.75, 3.05) is 0 Å². The van der Waals surface area contributed by atoms with Crippen molar-refractivity contribution in [1.82, 2.24) is 19.5 Å².